The predicted octanol–water partition coefficient (Wildman–Crippen LogP) is 1.99. The van der Waals surface area contributed by atoms with E-state index in [-0.39, 0.29) is 11.7 Å². The summed E-state index contributed by atoms with van der Waals surface area (Å²) >= 11 is 1.27. The van der Waals surface area contributed by atoms with Crippen LogP contribution in [0.3, 0.4) is 0 Å². The highest BCUT2D eigenvalue weighted by Gasteiger charge is 2.14. The van der Waals surface area contributed by atoms with E-state index in [1.807, 2.05) is 6.92 Å². The molecule has 3 aromatic rings. The maximum Gasteiger partial charge on any atom is 0.234 e. The number of aryl methyl sites for hydroxylation is 1. The van der Waals surface area contributed by atoms with Crippen LogP contribution in [-0.4, -0.2) is 50.8 Å². The van der Waals surface area contributed by atoms with Gasteiger partial charge in [0.1, 0.15) is 22.9 Å². The van der Waals surface area contributed by atoms with Crippen LogP contribution in [0, 0.1) is 0 Å². The molecule has 0 aliphatic carbocycles. The first kappa shape index (κ1) is 17.9. The van der Waals surface area contributed by atoms with Crippen molar-refractivity contribution in [2.75, 3.05) is 25.3 Å². The molecule has 0 spiro atoms. The molecule has 1 N–H and O–H groups in total. The Morgan fingerprint density at radius 2 is 2.12 bits per heavy atom. The van der Waals surface area contributed by atoms with Crippen molar-refractivity contribution in [2.24, 2.45) is 0 Å². The quantitative estimate of drug-likeness (QED) is 0.495. The van der Waals surface area contributed by atoms with Crippen LogP contribution < -0.4 is 14.8 Å². The second-order valence-corrected chi connectivity index (χ2v) is 6.12. The van der Waals surface area contributed by atoms with E-state index in [1.54, 1.807) is 37.1 Å². The Morgan fingerprint density at radius 3 is 2.85 bits per heavy atom. The van der Waals surface area contributed by atoms with E-state index in [0.717, 1.165) is 0 Å². The smallest absolute Gasteiger partial charge is 0.234 e. The Hall–Kier alpha value is -2.88. The molecule has 0 saturated heterocycles. The van der Waals surface area contributed by atoms with Gasteiger partial charge < -0.3 is 14.8 Å². The van der Waals surface area contributed by atoms with Crippen molar-refractivity contribution < 1.29 is 14.3 Å². The van der Waals surface area contributed by atoms with Crippen LogP contribution in [0.25, 0.3) is 11.2 Å². The summed E-state index contributed by atoms with van der Waals surface area (Å²) < 4.78 is 12.1. The van der Waals surface area contributed by atoms with E-state index in [0.29, 0.717) is 39.9 Å². The van der Waals surface area contributed by atoms with Crippen molar-refractivity contribution in [3.63, 3.8) is 0 Å². The van der Waals surface area contributed by atoms with Gasteiger partial charge in [-0.05, 0) is 19.1 Å². The van der Waals surface area contributed by atoms with Gasteiger partial charge in [0, 0.05) is 12.6 Å². The maximum atomic E-state index is 12.3. The van der Waals surface area contributed by atoms with Crippen molar-refractivity contribution in [1.82, 2.24) is 25.0 Å². The minimum atomic E-state index is -0.198. The lowest BCUT2D eigenvalue weighted by atomic mass is 10.2. The Balaban J connectivity index is 1.71. The number of fused-ring (bicyclic) bond motifs is 1. The van der Waals surface area contributed by atoms with E-state index in [9.17, 15) is 4.79 Å². The topological polar surface area (TPSA) is 104 Å². The molecule has 0 unspecified atom stereocenters. The molecule has 2 aromatic heterocycles. The zero-order valence-electron chi connectivity index (χ0n) is 14.6. The highest BCUT2D eigenvalue weighted by atomic mass is 32.2. The fraction of sp³-hybridized carbons (Fsp3) is 0.312. The Kier molecular flexibility index (Phi) is 5.52. The van der Waals surface area contributed by atoms with Crippen LogP contribution in [0.1, 0.15) is 6.92 Å². The van der Waals surface area contributed by atoms with Gasteiger partial charge in [0.2, 0.25) is 5.91 Å². The molecule has 1 aromatic carbocycles. The van der Waals surface area contributed by atoms with Crippen molar-refractivity contribution in [3.8, 4) is 11.5 Å². The molecule has 136 valence electrons. The van der Waals surface area contributed by atoms with Gasteiger partial charge in [0.15, 0.2) is 11.2 Å². The predicted molar refractivity (Wildman–Crippen MR) is 97.7 cm³/mol. The van der Waals surface area contributed by atoms with Crippen LogP contribution >= 0.6 is 11.8 Å². The molecule has 1 amide bonds. The lowest BCUT2D eigenvalue weighted by molar-refractivity contribution is -0.113. The third-order valence-corrected chi connectivity index (χ3v) is 4.57. The van der Waals surface area contributed by atoms with E-state index >= 15 is 0 Å². The lowest BCUT2D eigenvalue weighted by Gasteiger charge is -2.11. The second-order valence-electron chi connectivity index (χ2n) is 5.16. The number of carbonyl (C=O) groups excluding carboxylic acids is 1. The second kappa shape index (κ2) is 8.00. The summed E-state index contributed by atoms with van der Waals surface area (Å²) in [5.41, 5.74) is 1.79. The van der Waals surface area contributed by atoms with Gasteiger partial charge in [-0.2, -0.15) is 0 Å². The van der Waals surface area contributed by atoms with Crippen LogP contribution in [0.4, 0.5) is 5.69 Å². The standard InChI is InChI=1S/C16H18N6O3S/c1-4-22-15-14(20-21-22)16(18-9-17-15)26-8-13(23)19-11-7-10(24-2)5-6-12(11)25-3/h5-7,9H,4,8H2,1-3H3,(H,19,23). The highest BCUT2D eigenvalue weighted by Crippen LogP contribution is 2.29. The molecule has 3 rings (SSSR count). The molecule has 10 heteroatoms. The summed E-state index contributed by atoms with van der Waals surface area (Å²) in [5.74, 6) is 1.14. The Morgan fingerprint density at radius 1 is 1.27 bits per heavy atom. The van der Waals surface area contributed by atoms with Crippen LogP contribution in [0.2, 0.25) is 0 Å². The van der Waals surface area contributed by atoms with Crippen molar-refractivity contribution >= 4 is 34.5 Å². The molecule has 9 nitrogen and oxygen atoms in total. The molecule has 26 heavy (non-hydrogen) atoms. The van der Waals surface area contributed by atoms with Crippen LogP contribution in [-0.2, 0) is 11.3 Å². The normalized spacial score (nSPS) is 10.7. The SMILES string of the molecule is CCn1nnc2c(SCC(=O)Nc3cc(OC)ccc3OC)ncnc21. The molecule has 0 aliphatic rings. The van der Waals surface area contributed by atoms with Gasteiger partial charge in [-0.1, -0.05) is 17.0 Å². The molecule has 0 radical (unpaired) electrons. The molecule has 2 heterocycles. The lowest BCUT2D eigenvalue weighted by Crippen LogP contribution is -2.15. The average Bonchev–Trinajstić information content (AvgIpc) is 3.10. The number of methoxy groups -OCH3 is 2. The van der Waals surface area contributed by atoms with Gasteiger partial charge in [-0.3, -0.25) is 4.79 Å². The largest absolute Gasteiger partial charge is 0.497 e. The first-order valence-corrected chi connectivity index (χ1v) is 8.83. The number of hydrogen-bond acceptors (Lipinski definition) is 8. The van der Waals surface area contributed by atoms with Crippen molar-refractivity contribution in [1.29, 1.82) is 0 Å². The number of nitrogens with one attached hydrogen (secondary N) is 1. The number of nitrogens with zero attached hydrogens (tertiary/aromatic N) is 5. The monoisotopic (exact) mass is 374 g/mol. The number of thioether (sulfide) groups is 1. The number of anilines is 1. The minimum Gasteiger partial charge on any atom is -0.497 e. The first-order chi connectivity index (χ1) is 12.7. The third kappa shape index (κ3) is 3.69. The number of hydrogen-bond donors (Lipinski definition) is 1. The highest BCUT2D eigenvalue weighted by molar-refractivity contribution is 8.00. The number of amides is 1. The third-order valence-electron chi connectivity index (χ3n) is 3.59. The first-order valence-electron chi connectivity index (χ1n) is 7.85. The van der Waals surface area contributed by atoms with E-state index in [4.69, 9.17) is 9.47 Å². The summed E-state index contributed by atoms with van der Waals surface area (Å²) in [4.78, 5) is 20.7. The molecular formula is C16H18N6O3S. The molecule has 0 aliphatic heterocycles. The molecule has 0 atom stereocenters. The summed E-state index contributed by atoms with van der Waals surface area (Å²) in [6, 6.07) is 5.20. The van der Waals surface area contributed by atoms with E-state index in [1.165, 1.54) is 18.1 Å². The average molecular weight is 374 g/mol. The minimum absolute atomic E-state index is 0.158. The summed E-state index contributed by atoms with van der Waals surface area (Å²) in [6.07, 6.45) is 1.45. The van der Waals surface area contributed by atoms with Crippen molar-refractivity contribution in [3.05, 3.63) is 24.5 Å². The van der Waals surface area contributed by atoms with Crippen LogP contribution in [0.15, 0.2) is 29.6 Å². The Bertz CT molecular complexity index is 929. The van der Waals surface area contributed by atoms with E-state index in [2.05, 4.69) is 25.6 Å². The van der Waals surface area contributed by atoms with Crippen molar-refractivity contribution in [2.45, 2.75) is 18.5 Å². The molecule has 0 saturated carbocycles. The van der Waals surface area contributed by atoms with Gasteiger partial charge in [0.05, 0.1) is 25.7 Å². The fourth-order valence-electron chi connectivity index (χ4n) is 2.32. The molecular weight excluding hydrogens is 356 g/mol. The summed E-state index contributed by atoms with van der Waals surface area (Å²) in [6.45, 7) is 2.62. The molecule has 0 fully saturated rings. The molecule has 0 bridgehead atoms. The zero-order chi connectivity index (χ0) is 18.5. The van der Waals surface area contributed by atoms with Gasteiger partial charge in [-0.15, -0.1) is 5.10 Å². The summed E-state index contributed by atoms with van der Waals surface area (Å²) in [5, 5.41) is 11.6. The number of aromatic nitrogens is 5. The van der Waals surface area contributed by atoms with Gasteiger partial charge in [-0.25, -0.2) is 14.6 Å². The number of benzene rings is 1. The maximum absolute atomic E-state index is 12.3. The van der Waals surface area contributed by atoms with Gasteiger partial charge >= 0.3 is 0 Å². The zero-order valence-corrected chi connectivity index (χ0v) is 15.4. The summed E-state index contributed by atoms with van der Waals surface area (Å²) in [7, 11) is 3.11. The fourth-order valence-corrected chi connectivity index (χ4v) is 3.05. The number of carbonyl (C=O) groups is 1. The van der Waals surface area contributed by atoms with Crippen LogP contribution in [0.5, 0.6) is 11.5 Å². The number of rotatable bonds is 7. The van der Waals surface area contributed by atoms with Gasteiger partial charge in [0.25, 0.3) is 0 Å². The van der Waals surface area contributed by atoms with E-state index < -0.39 is 0 Å². The Labute approximate surface area is 154 Å². The number of ether oxygens (including phenoxy) is 2.